The van der Waals surface area contributed by atoms with Gasteiger partial charge in [0.05, 0.1) is 5.56 Å². The summed E-state index contributed by atoms with van der Waals surface area (Å²) >= 11 is 0. The molecule has 1 fully saturated rings. The van der Waals surface area contributed by atoms with Gasteiger partial charge in [-0.05, 0) is 44.4 Å². The van der Waals surface area contributed by atoms with Gasteiger partial charge in [0.2, 0.25) is 0 Å². The minimum absolute atomic E-state index is 0.0959. The molecule has 1 saturated heterocycles. The van der Waals surface area contributed by atoms with Crippen molar-refractivity contribution in [2.75, 3.05) is 6.54 Å². The van der Waals surface area contributed by atoms with Crippen LogP contribution < -0.4 is 0 Å². The Bertz CT molecular complexity index is 963. The summed E-state index contributed by atoms with van der Waals surface area (Å²) in [5, 5.41) is 0. The van der Waals surface area contributed by atoms with Crippen LogP contribution in [0.4, 0.5) is 0 Å². The van der Waals surface area contributed by atoms with E-state index in [0.29, 0.717) is 12.1 Å². The van der Waals surface area contributed by atoms with Gasteiger partial charge in [0.15, 0.2) is 0 Å². The van der Waals surface area contributed by atoms with Crippen molar-refractivity contribution in [2.24, 2.45) is 5.92 Å². The molecule has 1 heterocycles. The molecule has 0 bridgehead atoms. The van der Waals surface area contributed by atoms with Crippen LogP contribution in [0.25, 0.3) is 0 Å². The maximum Gasteiger partial charge on any atom is 0.338 e. The highest BCUT2D eigenvalue weighted by Crippen LogP contribution is 2.47. The number of nitrogens with zero attached hydrogens (tertiary/aromatic N) is 1. The Hall–Kier alpha value is -2.66. The highest BCUT2D eigenvalue weighted by Gasteiger charge is 2.54. The standard InChI is InChI=1S/C29H39NO4/c1-7-28(5)19-25(34-27(32)24-17-13-10-14-18-24)21(3)29(6,8-2)30(28)20-26(33-22(4)31)23-15-11-9-12-16-23/h9-18,21,25-26H,7-8,19-20H2,1-6H3. The number of rotatable bonds is 8. The Morgan fingerprint density at radius 1 is 1.00 bits per heavy atom. The third-order valence-corrected chi connectivity index (χ3v) is 8.02. The van der Waals surface area contributed by atoms with E-state index in [1.807, 2.05) is 48.5 Å². The van der Waals surface area contributed by atoms with E-state index in [1.54, 1.807) is 12.1 Å². The van der Waals surface area contributed by atoms with Crippen molar-refractivity contribution in [2.45, 2.75) is 84.1 Å². The minimum atomic E-state index is -0.369. The lowest BCUT2D eigenvalue weighted by molar-refractivity contribution is -0.166. The van der Waals surface area contributed by atoms with Gasteiger partial charge in [0.1, 0.15) is 12.2 Å². The number of piperidine rings is 1. The fraction of sp³-hybridized carbons (Fsp3) is 0.517. The lowest BCUT2D eigenvalue weighted by Crippen LogP contribution is -2.68. The van der Waals surface area contributed by atoms with Gasteiger partial charge in [-0.1, -0.05) is 69.3 Å². The van der Waals surface area contributed by atoms with E-state index in [1.165, 1.54) is 6.92 Å². The van der Waals surface area contributed by atoms with Crippen LogP contribution in [0.1, 0.15) is 82.8 Å². The van der Waals surface area contributed by atoms with Crippen molar-refractivity contribution in [1.82, 2.24) is 4.90 Å². The van der Waals surface area contributed by atoms with Crippen LogP contribution in [0.5, 0.6) is 0 Å². The van der Waals surface area contributed by atoms with Gasteiger partial charge in [-0.2, -0.15) is 0 Å². The van der Waals surface area contributed by atoms with E-state index in [0.717, 1.165) is 24.8 Å². The number of hydrogen-bond donors (Lipinski definition) is 0. The number of esters is 2. The minimum Gasteiger partial charge on any atom is -0.458 e. The van der Waals surface area contributed by atoms with Gasteiger partial charge in [0.25, 0.3) is 0 Å². The molecular formula is C29H39NO4. The van der Waals surface area contributed by atoms with E-state index in [4.69, 9.17) is 9.47 Å². The normalized spacial score (nSPS) is 28.2. The van der Waals surface area contributed by atoms with Crippen molar-refractivity contribution < 1.29 is 19.1 Å². The molecule has 1 aliphatic rings. The third kappa shape index (κ3) is 5.35. The van der Waals surface area contributed by atoms with E-state index < -0.39 is 0 Å². The van der Waals surface area contributed by atoms with Gasteiger partial charge >= 0.3 is 11.9 Å². The molecule has 3 rings (SSSR count). The predicted octanol–water partition coefficient (Wildman–Crippen LogP) is 6.20. The molecule has 0 aliphatic carbocycles. The molecule has 2 aromatic carbocycles. The zero-order chi connectivity index (χ0) is 24.9. The first-order valence-corrected chi connectivity index (χ1v) is 12.4. The Labute approximate surface area is 204 Å². The number of ether oxygens (including phenoxy) is 2. The largest absolute Gasteiger partial charge is 0.458 e. The van der Waals surface area contributed by atoms with Crippen LogP contribution in [0.2, 0.25) is 0 Å². The first kappa shape index (κ1) is 26.0. The molecule has 0 spiro atoms. The molecule has 5 atom stereocenters. The van der Waals surface area contributed by atoms with Crippen LogP contribution in [0.3, 0.4) is 0 Å². The number of likely N-dealkylation sites (tertiary alicyclic amines) is 1. The van der Waals surface area contributed by atoms with Gasteiger partial charge < -0.3 is 9.47 Å². The molecule has 0 N–H and O–H groups in total. The fourth-order valence-corrected chi connectivity index (χ4v) is 5.43. The van der Waals surface area contributed by atoms with Gasteiger partial charge in [-0.15, -0.1) is 0 Å². The van der Waals surface area contributed by atoms with E-state index >= 15 is 0 Å². The molecule has 34 heavy (non-hydrogen) atoms. The van der Waals surface area contributed by atoms with Gasteiger partial charge in [-0.25, -0.2) is 4.79 Å². The van der Waals surface area contributed by atoms with Gasteiger partial charge in [-0.3, -0.25) is 9.69 Å². The Balaban J connectivity index is 1.93. The molecule has 0 radical (unpaired) electrons. The molecule has 5 unspecified atom stereocenters. The van der Waals surface area contributed by atoms with Crippen molar-refractivity contribution in [1.29, 1.82) is 0 Å². The lowest BCUT2D eigenvalue weighted by atomic mass is 9.67. The molecule has 0 amide bonds. The van der Waals surface area contributed by atoms with E-state index in [2.05, 4.69) is 39.5 Å². The maximum absolute atomic E-state index is 12.9. The molecule has 1 aliphatic heterocycles. The van der Waals surface area contributed by atoms with Crippen LogP contribution in [-0.2, 0) is 14.3 Å². The van der Waals surface area contributed by atoms with E-state index in [-0.39, 0.29) is 41.1 Å². The van der Waals surface area contributed by atoms with Crippen LogP contribution in [-0.4, -0.2) is 40.6 Å². The molecular weight excluding hydrogens is 426 g/mol. The number of benzene rings is 2. The third-order valence-electron chi connectivity index (χ3n) is 8.02. The predicted molar refractivity (Wildman–Crippen MR) is 134 cm³/mol. The van der Waals surface area contributed by atoms with Crippen LogP contribution in [0.15, 0.2) is 60.7 Å². The van der Waals surface area contributed by atoms with Crippen molar-refractivity contribution in [3.8, 4) is 0 Å². The molecule has 184 valence electrons. The summed E-state index contributed by atoms with van der Waals surface area (Å²) in [5.74, 6) is -0.464. The highest BCUT2D eigenvalue weighted by molar-refractivity contribution is 5.89. The quantitative estimate of drug-likeness (QED) is 0.435. The number of carbonyl (C=O) groups excluding carboxylic acids is 2. The van der Waals surface area contributed by atoms with Crippen molar-refractivity contribution in [3.63, 3.8) is 0 Å². The zero-order valence-corrected chi connectivity index (χ0v) is 21.4. The number of hydrogen-bond acceptors (Lipinski definition) is 5. The summed E-state index contributed by atoms with van der Waals surface area (Å²) < 4.78 is 12.0. The highest BCUT2D eigenvalue weighted by atomic mass is 16.5. The SMILES string of the molecule is CCC1(C)CC(OC(=O)c2ccccc2)C(C)C(C)(CC)N1CC(OC(C)=O)c1ccccc1. The summed E-state index contributed by atoms with van der Waals surface area (Å²) in [6.45, 7) is 13.1. The summed E-state index contributed by atoms with van der Waals surface area (Å²) in [5.41, 5.74) is 1.08. The molecule has 5 nitrogen and oxygen atoms in total. The first-order valence-electron chi connectivity index (χ1n) is 12.4. The monoisotopic (exact) mass is 465 g/mol. The maximum atomic E-state index is 12.9. The average Bonchev–Trinajstić information content (AvgIpc) is 2.85. The van der Waals surface area contributed by atoms with Gasteiger partial charge in [0, 0.05) is 36.9 Å². The molecule has 0 saturated carbocycles. The smallest absolute Gasteiger partial charge is 0.338 e. The summed E-state index contributed by atoms with van der Waals surface area (Å²) in [6.07, 6.45) is 1.91. The van der Waals surface area contributed by atoms with Crippen molar-refractivity contribution >= 4 is 11.9 Å². The topological polar surface area (TPSA) is 55.8 Å². The molecule has 0 aromatic heterocycles. The summed E-state index contributed by atoms with van der Waals surface area (Å²) in [7, 11) is 0. The second kappa shape index (κ2) is 10.7. The second-order valence-electron chi connectivity index (χ2n) is 9.98. The Kier molecular flexibility index (Phi) is 8.19. The molecule has 5 heteroatoms. The summed E-state index contributed by atoms with van der Waals surface area (Å²) in [4.78, 5) is 27.4. The molecule has 2 aromatic rings. The number of carbonyl (C=O) groups is 2. The average molecular weight is 466 g/mol. The van der Waals surface area contributed by atoms with E-state index in [9.17, 15) is 9.59 Å². The first-order chi connectivity index (χ1) is 16.1. The Morgan fingerprint density at radius 3 is 2.12 bits per heavy atom. The summed E-state index contributed by atoms with van der Waals surface area (Å²) in [6, 6.07) is 19.1. The Morgan fingerprint density at radius 2 is 1.59 bits per heavy atom. The zero-order valence-electron chi connectivity index (χ0n) is 21.4. The van der Waals surface area contributed by atoms with Crippen LogP contribution >= 0.6 is 0 Å². The van der Waals surface area contributed by atoms with Crippen LogP contribution in [0, 0.1) is 5.92 Å². The van der Waals surface area contributed by atoms with Crippen molar-refractivity contribution in [3.05, 3.63) is 71.8 Å². The lowest BCUT2D eigenvalue weighted by Gasteiger charge is -2.60. The second-order valence-corrected chi connectivity index (χ2v) is 9.98. The fourth-order valence-electron chi connectivity index (χ4n) is 5.43.